The van der Waals surface area contributed by atoms with Crippen molar-refractivity contribution in [3.8, 4) is 5.75 Å². The monoisotopic (exact) mass is 344 g/mol. The molecule has 0 radical (unpaired) electrons. The van der Waals surface area contributed by atoms with Crippen LogP contribution in [-0.4, -0.2) is 31.1 Å². The molecule has 1 N–H and O–H groups in total. The number of nitrogens with zero attached hydrogens (tertiary/aromatic N) is 1. The highest BCUT2D eigenvalue weighted by Crippen LogP contribution is 2.18. The van der Waals surface area contributed by atoms with Crippen molar-refractivity contribution in [1.29, 1.82) is 0 Å². The van der Waals surface area contributed by atoms with Crippen LogP contribution in [0.2, 0.25) is 0 Å². The third kappa shape index (κ3) is 5.78. The standard InChI is InChI=1S/C20H25FN2O2/c1-15(9-10-16-7-5-4-6-8-16)22-20(24)23(2)14-17-11-12-19(25-3)18(21)13-17/h4-8,11-13,15H,9-10,14H2,1-3H3,(H,22,24). The van der Waals surface area contributed by atoms with E-state index >= 15 is 0 Å². The van der Waals surface area contributed by atoms with Gasteiger partial charge >= 0.3 is 6.03 Å². The number of halogens is 1. The SMILES string of the molecule is COc1ccc(CN(C)C(=O)NC(C)CCc2ccccc2)cc1F. The molecule has 1 atom stereocenters. The van der Waals surface area contributed by atoms with Crippen molar-refractivity contribution in [2.45, 2.75) is 32.4 Å². The van der Waals surface area contributed by atoms with Gasteiger partial charge in [-0.1, -0.05) is 36.4 Å². The van der Waals surface area contributed by atoms with Crippen LogP contribution in [0.5, 0.6) is 5.75 Å². The van der Waals surface area contributed by atoms with Crippen LogP contribution in [-0.2, 0) is 13.0 Å². The lowest BCUT2D eigenvalue weighted by atomic mass is 10.1. The Balaban J connectivity index is 1.82. The number of nitrogens with one attached hydrogen (secondary N) is 1. The second kappa shape index (κ2) is 9.06. The van der Waals surface area contributed by atoms with Gasteiger partial charge in [0.05, 0.1) is 7.11 Å². The van der Waals surface area contributed by atoms with Crippen molar-refractivity contribution in [1.82, 2.24) is 10.2 Å². The summed E-state index contributed by atoms with van der Waals surface area (Å²) in [5.41, 5.74) is 1.97. The van der Waals surface area contributed by atoms with Crippen LogP contribution in [0.1, 0.15) is 24.5 Å². The van der Waals surface area contributed by atoms with E-state index in [9.17, 15) is 9.18 Å². The first kappa shape index (κ1) is 18.8. The minimum Gasteiger partial charge on any atom is -0.494 e. The average Bonchev–Trinajstić information content (AvgIpc) is 2.61. The van der Waals surface area contributed by atoms with Crippen LogP contribution in [0.3, 0.4) is 0 Å². The van der Waals surface area contributed by atoms with Crippen molar-refractivity contribution in [3.05, 3.63) is 65.5 Å². The number of methoxy groups -OCH3 is 1. The van der Waals surface area contributed by atoms with Gasteiger partial charge in [0.2, 0.25) is 0 Å². The van der Waals surface area contributed by atoms with Crippen molar-refractivity contribution in [2.24, 2.45) is 0 Å². The quantitative estimate of drug-likeness (QED) is 0.825. The number of carbonyl (C=O) groups is 1. The van der Waals surface area contributed by atoms with E-state index in [1.807, 2.05) is 25.1 Å². The zero-order chi connectivity index (χ0) is 18.2. The third-order valence-electron chi connectivity index (χ3n) is 4.06. The maximum atomic E-state index is 13.7. The van der Waals surface area contributed by atoms with E-state index in [4.69, 9.17) is 4.74 Å². The fourth-order valence-electron chi connectivity index (χ4n) is 2.57. The highest BCUT2D eigenvalue weighted by Gasteiger charge is 2.13. The molecule has 2 aromatic rings. The predicted octanol–water partition coefficient (Wildman–Crippen LogP) is 4.00. The fourth-order valence-corrected chi connectivity index (χ4v) is 2.57. The van der Waals surface area contributed by atoms with Gasteiger partial charge in [0.25, 0.3) is 0 Å². The van der Waals surface area contributed by atoms with Gasteiger partial charge in [0.1, 0.15) is 0 Å². The summed E-state index contributed by atoms with van der Waals surface area (Å²) in [7, 11) is 3.12. The van der Waals surface area contributed by atoms with Crippen molar-refractivity contribution in [2.75, 3.05) is 14.2 Å². The van der Waals surface area contributed by atoms with Crippen molar-refractivity contribution < 1.29 is 13.9 Å². The first-order chi connectivity index (χ1) is 12.0. The Kier molecular flexibility index (Phi) is 6.81. The molecule has 2 rings (SSSR count). The molecule has 1 unspecified atom stereocenters. The number of rotatable bonds is 7. The Morgan fingerprint density at radius 1 is 1.20 bits per heavy atom. The van der Waals surface area contributed by atoms with Gasteiger partial charge in [-0.2, -0.15) is 0 Å². The Morgan fingerprint density at radius 2 is 1.92 bits per heavy atom. The number of ether oxygens (including phenoxy) is 1. The van der Waals surface area contributed by atoms with Gasteiger partial charge in [0, 0.05) is 19.6 Å². The second-order valence-electron chi connectivity index (χ2n) is 6.20. The number of aryl methyl sites for hydroxylation is 1. The zero-order valence-electron chi connectivity index (χ0n) is 15.0. The van der Waals surface area contributed by atoms with Gasteiger partial charge < -0.3 is 15.0 Å². The Morgan fingerprint density at radius 3 is 2.56 bits per heavy atom. The van der Waals surface area contributed by atoms with Crippen molar-refractivity contribution in [3.63, 3.8) is 0 Å². The van der Waals surface area contributed by atoms with Gasteiger partial charge in [0.15, 0.2) is 11.6 Å². The smallest absolute Gasteiger partial charge is 0.317 e. The van der Waals surface area contributed by atoms with E-state index in [0.717, 1.165) is 12.8 Å². The van der Waals surface area contributed by atoms with E-state index in [-0.39, 0.29) is 17.8 Å². The molecule has 0 fully saturated rings. The first-order valence-corrected chi connectivity index (χ1v) is 8.37. The molecule has 0 saturated heterocycles. The lowest BCUT2D eigenvalue weighted by Crippen LogP contribution is -2.41. The number of hydrogen-bond acceptors (Lipinski definition) is 2. The molecule has 0 aliphatic carbocycles. The summed E-state index contributed by atoms with van der Waals surface area (Å²) < 4.78 is 18.6. The third-order valence-corrected chi connectivity index (χ3v) is 4.06. The van der Waals surface area contributed by atoms with Crippen LogP contribution < -0.4 is 10.1 Å². The summed E-state index contributed by atoms with van der Waals surface area (Å²) in [5.74, 6) is -0.226. The average molecular weight is 344 g/mol. The van der Waals surface area contributed by atoms with E-state index in [1.165, 1.54) is 18.7 Å². The molecule has 0 spiro atoms. The minimum absolute atomic E-state index is 0.0581. The number of carbonyl (C=O) groups excluding carboxylic acids is 1. The number of hydrogen-bond donors (Lipinski definition) is 1. The molecule has 2 amide bonds. The maximum absolute atomic E-state index is 13.7. The molecule has 0 heterocycles. The minimum atomic E-state index is -0.426. The van der Waals surface area contributed by atoms with E-state index in [0.29, 0.717) is 12.1 Å². The summed E-state index contributed by atoms with van der Waals surface area (Å²) in [6.07, 6.45) is 1.77. The van der Waals surface area contributed by atoms with Crippen LogP contribution in [0.25, 0.3) is 0 Å². The number of urea groups is 1. The summed E-state index contributed by atoms with van der Waals surface area (Å²) in [6.45, 7) is 2.32. The van der Waals surface area contributed by atoms with E-state index in [2.05, 4.69) is 17.4 Å². The van der Waals surface area contributed by atoms with Gasteiger partial charge in [-0.05, 0) is 43.0 Å². The number of benzene rings is 2. The molecular formula is C20H25FN2O2. The molecule has 0 bridgehead atoms. The van der Waals surface area contributed by atoms with Crippen LogP contribution >= 0.6 is 0 Å². The molecule has 0 saturated carbocycles. The highest BCUT2D eigenvalue weighted by molar-refractivity contribution is 5.74. The maximum Gasteiger partial charge on any atom is 0.317 e. The summed E-state index contributed by atoms with van der Waals surface area (Å²) in [4.78, 5) is 13.8. The summed E-state index contributed by atoms with van der Waals surface area (Å²) in [6, 6.07) is 14.8. The molecule has 4 nitrogen and oxygen atoms in total. The Hall–Kier alpha value is -2.56. The summed E-state index contributed by atoms with van der Waals surface area (Å²) >= 11 is 0. The molecule has 0 aliphatic heterocycles. The molecule has 134 valence electrons. The Labute approximate surface area is 148 Å². The van der Waals surface area contributed by atoms with Crippen LogP contribution in [0, 0.1) is 5.82 Å². The lowest BCUT2D eigenvalue weighted by molar-refractivity contribution is 0.203. The topological polar surface area (TPSA) is 41.6 Å². The molecule has 2 aromatic carbocycles. The normalized spacial score (nSPS) is 11.7. The Bertz CT molecular complexity index is 691. The first-order valence-electron chi connectivity index (χ1n) is 8.37. The molecule has 5 heteroatoms. The molecular weight excluding hydrogens is 319 g/mol. The zero-order valence-corrected chi connectivity index (χ0v) is 15.0. The highest BCUT2D eigenvalue weighted by atomic mass is 19.1. The fraction of sp³-hybridized carbons (Fsp3) is 0.350. The van der Waals surface area contributed by atoms with Crippen LogP contribution in [0.15, 0.2) is 48.5 Å². The van der Waals surface area contributed by atoms with E-state index in [1.54, 1.807) is 24.1 Å². The predicted molar refractivity (Wildman–Crippen MR) is 97.2 cm³/mol. The second-order valence-corrected chi connectivity index (χ2v) is 6.20. The van der Waals surface area contributed by atoms with Crippen molar-refractivity contribution >= 4 is 6.03 Å². The van der Waals surface area contributed by atoms with Gasteiger partial charge in [-0.15, -0.1) is 0 Å². The largest absolute Gasteiger partial charge is 0.494 e. The van der Waals surface area contributed by atoms with Gasteiger partial charge in [-0.25, -0.2) is 9.18 Å². The molecule has 0 aliphatic rings. The van der Waals surface area contributed by atoms with Gasteiger partial charge in [-0.3, -0.25) is 0 Å². The summed E-state index contributed by atoms with van der Waals surface area (Å²) in [5, 5.41) is 2.98. The number of amides is 2. The van der Waals surface area contributed by atoms with E-state index < -0.39 is 5.82 Å². The lowest BCUT2D eigenvalue weighted by Gasteiger charge is -2.21. The van der Waals surface area contributed by atoms with Crippen LogP contribution in [0.4, 0.5) is 9.18 Å². The molecule has 0 aromatic heterocycles. The molecule has 25 heavy (non-hydrogen) atoms.